The molecule has 0 aliphatic heterocycles. The first-order valence-corrected chi connectivity index (χ1v) is 6.52. The van der Waals surface area contributed by atoms with Gasteiger partial charge >= 0.3 is 6.18 Å². The average Bonchev–Trinajstić information content (AvgIpc) is 2.86. The summed E-state index contributed by atoms with van der Waals surface area (Å²) in [5.74, 6) is 0.299. The van der Waals surface area contributed by atoms with Gasteiger partial charge in [-0.2, -0.15) is 13.2 Å². The number of H-pyrrole nitrogens is 1. The number of ether oxygens (including phenoxy) is 1. The standard InChI is InChI=1S/C16H12F3NO2/c17-16(18,19)11-2-1-3-14(8-11)22-9-12-6-10-7-13(21)4-5-15(10)20-12/h1-8,20-21H,9H2. The van der Waals surface area contributed by atoms with Gasteiger partial charge in [-0.1, -0.05) is 6.07 Å². The van der Waals surface area contributed by atoms with E-state index < -0.39 is 11.7 Å². The molecule has 6 heteroatoms. The molecule has 0 saturated carbocycles. The quantitative estimate of drug-likeness (QED) is 0.750. The van der Waals surface area contributed by atoms with Crippen molar-refractivity contribution in [1.29, 1.82) is 0 Å². The molecule has 2 N–H and O–H groups in total. The van der Waals surface area contributed by atoms with Crippen molar-refractivity contribution in [2.24, 2.45) is 0 Å². The summed E-state index contributed by atoms with van der Waals surface area (Å²) < 4.78 is 43.3. The topological polar surface area (TPSA) is 45.2 Å². The Morgan fingerprint density at radius 1 is 1.05 bits per heavy atom. The molecule has 0 bridgehead atoms. The van der Waals surface area contributed by atoms with E-state index in [1.165, 1.54) is 12.1 Å². The molecule has 0 unspecified atom stereocenters. The minimum absolute atomic E-state index is 0.108. The highest BCUT2D eigenvalue weighted by Gasteiger charge is 2.30. The van der Waals surface area contributed by atoms with E-state index in [9.17, 15) is 18.3 Å². The van der Waals surface area contributed by atoms with Crippen molar-refractivity contribution in [1.82, 2.24) is 4.98 Å². The fourth-order valence-corrected chi connectivity index (χ4v) is 2.18. The fourth-order valence-electron chi connectivity index (χ4n) is 2.18. The number of phenols is 1. The normalized spacial score (nSPS) is 11.8. The number of aromatic amines is 1. The van der Waals surface area contributed by atoms with Crippen LogP contribution in [0.3, 0.4) is 0 Å². The summed E-state index contributed by atoms with van der Waals surface area (Å²) >= 11 is 0. The molecular formula is C16H12F3NO2. The molecule has 1 heterocycles. The predicted molar refractivity (Wildman–Crippen MR) is 75.7 cm³/mol. The second kappa shape index (κ2) is 5.29. The van der Waals surface area contributed by atoms with Gasteiger partial charge < -0.3 is 14.8 Å². The molecule has 0 amide bonds. The molecule has 0 atom stereocenters. The van der Waals surface area contributed by atoms with Crippen LogP contribution in [0.15, 0.2) is 48.5 Å². The van der Waals surface area contributed by atoms with E-state index in [1.807, 2.05) is 0 Å². The number of halogens is 3. The maximum absolute atomic E-state index is 12.6. The van der Waals surface area contributed by atoms with Crippen molar-refractivity contribution in [2.45, 2.75) is 12.8 Å². The third kappa shape index (κ3) is 3.00. The highest BCUT2D eigenvalue weighted by atomic mass is 19.4. The van der Waals surface area contributed by atoms with Crippen molar-refractivity contribution in [3.8, 4) is 11.5 Å². The molecule has 0 aliphatic rings. The zero-order valence-electron chi connectivity index (χ0n) is 11.3. The predicted octanol–water partition coefficient (Wildman–Crippen LogP) is 4.47. The van der Waals surface area contributed by atoms with E-state index in [2.05, 4.69) is 4.98 Å². The van der Waals surface area contributed by atoms with E-state index in [0.717, 1.165) is 23.0 Å². The summed E-state index contributed by atoms with van der Waals surface area (Å²) in [6, 6.07) is 11.4. The second-order valence-electron chi connectivity index (χ2n) is 4.88. The van der Waals surface area contributed by atoms with Gasteiger partial charge in [0, 0.05) is 10.9 Å². The van der Waals surface area contributed by atoms with Crippen molar-refractivity contribution in [2.75, 3.05) is 0 Å². The minimum Gasteiger partial charge on any atom is -0.508 e. The van der Waals surface area contributed by atoms with Crippen molar-refractivity contribution >= 4 is 10.9 Å². The minimum atomic E-state index is -4.39. The first-order valence-electron chi connectivity index (χ1n) is 6.52. The van der Waals surface area contributed by atoms with Crippen LogP contribution in [-0.2, 0) is 12.8 Å². The van der Waals surface area contributed by atoms with Gasteiger partial charge in [0.25, 0.3) is 0 Å². The lowest BCUT2D eigenvalue weighted by atomic mass is 10.2. The van der Waals surface area contributed by atoms with Gasteiger partial charge in [0.05, 0.1) is 11.3 Å². The van der Waals surface area contributed by atoms with Crippen LogP contribution in [0.25, 0.3) is 10.9 Å². The molecule has 3 aromatic rings. The number of hydrogen-bond acceptors (Lipinski definition) is 2. The third-order valence-electron chi connectivity index (χ3n) is 3.22. The van der Waals surface area contributed by atoms with Gasteiger partial charge in [0.1, 0.15) is 18.1 Å². The Hall–Kier alpha value is -2.63. The van der Waals surface area contributed by atoms with Gasteiger partial charge in [-0.25, -0.2) is 0 Å². The molecule has 22 heavy (non-hydrogen) atoms. The Morgan fingerprint density at radius 2 is 1.86 bits per heavy atom. The molecule has 1 aromatic heterocycles. The van der Waals surface area contributed by atoms with Crippen LogP contribution in [0.5, 0.6) is 11.5 Å². The first kappa shape index (κ1) is 14.3. The van der Waals surface area contributed by atoms with Crippen LogP contribution in [0.4, 0.5) is 13.2 Å². The molecule has 0 radical (unpaired) electrons. The van der Waals surface area contributed by atoms with Crippen LogP contribution in [0.1, 0.15) is 11.3 Å². The summed E-state index contributed by atoms with van der Waals surface area (Å²) in [5, 5.41) is 10.2. The number of phenolic OH excluding ortho intramolecular Hbond substituents is 1. The summed E-state index contributed by atoms with van der Waals surface area (Å²) in [6.07, 6.45) is -4.39. The number of aromatic hydroxyl groups is 1. The molecule has 2 aromatic carbocycles. The van der Waals surface area contributed by atoms with E-state index in [-0.39, 0.29) is 18.1 Å². The largest absolute Gasteiger partial charge is 0.508 e. The Labute approximate surface area is 124 Å². The van der Waals surface area contributed by atoms with Gasteiger partial charge in [-0.05, 0) is 42.5 Å². The lowest BCUT2D eigenvalue weighted by molar-refractivity contribution is -0.137. The smallest absolute Gasteiger partial charge is 0.416 e. The molecule has 0 aliphatic carbocycles. The van der Waals surface area contributed by atoms with E-state index in [4.69, 9.17) is 4.74 Å². The van der Waals surface area contributed by atoms with Crippen molar-refractivity contribution in [3.05, 3.63) is 59.8 Å². The fraction of sp³-hybridized carbons (Fsp3) is 0.125. The number of fused-ring (bicyclic) bond motifs is 1. The molecule has 3 nitrogen and oxygen atoms in total. The summed E-state index contributed by atoms with van der Waals surface area (Å²) in [7, 11) is 0. The Morgan fingerprint density at radius 3 is 2.64 bits per heavy atom. The molecule has 114 valence electrons. The lowest BCUT2D eigenvalue weighted by Crippen LogP contribution is -2.05. The highest BCUT2D eigenvalue weighted by Crippen LogP contribution is 2.31. The number of rotatable bonds is 3. The van der Waals surface area contributed by atoms with Gasteiger partial charge in [0.2, 0.25) is 0 Å². The lowest BCUT2D eigenvalue weighted by Gasteiger charge is -2.09. The van der Waals surface area contributed by atoms with Gasteiger partial charge in [-0.3, -0.25) is 0 Å². The van der Waals surface area contributed by atoms with Gasteiger partial charge in [0.15, 0.2) is 0 Å². The molecular weight excluding hydrogens is 295 g/mol. The molecule has 0 fully saturated rings. The van der Waals surface area contributed by atoms with E-state index in [0.29, 0.717) is 5.69 Å². The third-order valence-corrected chi connectivity index (χ3v) is 3.22. The van der Waals surface area contributed by atoms with Crippen LogP contribution in [0, 0.1) is 0 Å². The summed E-state index contributed by atoms with van der Waals surface area (Å²) in [6.45, 7) is 0.108. The molecule has 0 saturated heterocycles. The van der Waals surface area contributed by atoms with Crippen molar-refractivity contribution in [3.63, 3.8) is 0 Å². The zero-order valence-corrected chi connectivity index (χ0v) is 11.3. The summed E-state index contributed by atoms with van der Waals surface area (Å²) in [5.41, 5.74) is 0.782. The summed E-state index contributed by atoms with van der Waals surface area (Å²) in [4.78, 5) is 3.08. The number of aromatic nitrogens is 1. The number of alkyl halides is 3. The van der Waals surface area contributed by atoms with Crippen LogP contribution in [0.2, 0.25) is 0 Å². The van der Waals surface area contributed by atoms with Crippen molar-refractivity contribution < 1.29 is 23.0 Å². The first-order chi connectivity index (χ1) is 10.4. The Balaban J connectivity index is 1.76. The maximum atomic E-state index is 12.6. The number of nitrogens with one attached hydrogen (secondary N) is 1. The Kier molecular flexibility index (Phi) is 3.44. The van der Waals surface area contributed by atoms with Crippen LogP contribution < -0.4 is 4.74 Å². The zero-order chi connectivity index (χ0) is 15.7. The maximum Gasteiger partial charge on any atom is 0.416 e. The monoisotopic (exact) mass is 307 g/mol. The Bertz CT molecular complexity index is 809. The molecule has 0 spiro atoms. The van der Waals surface area contributed by atoms with Crippen LogP contribution in [-0.4, -0.2) is 10.1 Å². The second-order valence-corrected chi connectivity index (χ2v) is 4.88. The SMILES string of the molecule is Oc1ccc2[nH]c(COc3cccc(C(F)(F)F)c3)cc2c1. The van der Waals surface area contributed by atoms with Crippen LogP contribution >= 0.6 is 0 Å². The molecule has 3 rings (SSSR count). The van der Waals surface area contributed by atoms with Gasteiger partial charge in [-0.15, -0.1) is 0 Å². The number of benzene rings is 2. The van der Waals surface area contributed by atoms with E-state index >= 15 is 0 Å². The number of hydrogen-bond donors (Lipinski definition) is 2. The average molecular weight is 307 g/mol. The van der Waals surface area contributed by atoms with E-state index in [1.54, 1.807) is 24.3 Å². The highest BCUT2D eigenvalue weighted by molar-refractivity contribution is 5.81.